The van der Waals surface area contributed by atoms with E-state index in [0.29, 0.717) is 0 Å². The molecule has 6 rings (SSSR count). The number of nitrogens with two attached hydrogens (primary N) is 2. The van der Waals surface area contributed by atoms with E-state index < -0.39 is 5.41 Å². The molecule has 0 saturated heterocycles. The Labute approximate surface area is 163 Å². The standard InChI is InChI=1S/C25H18N2O/c26-15-9-11-17-18-12-10-16(27)14-22(18)25(21(17)13-15)19-5-1-3-7-23(19)28-24-8-4-2-6-20(24)25/h1-14H,26-27H2. The summed E-state index contributed by atoms with van der Waals surface area (Å²) in [7, 11) is 0. The Morgan fingerprint density at radius 1 is 0.536 bits per heavy atom. The molecule has 3 heteroatoms. The Morgan fingerprint density at radius 3 is 1.50 bits per heavy atom. The predicted molar refractivity (Wildman–Crippen MR) is 113 cm³/mol. The number of para-hydroxylation sites is 2. The summed E-state index contributed by atoms with van der Waals surface area (Å²) in [5.74, 6) is 1.73. The third kappa shape index (κ3) is 1.73. The second kappa shape index (κ2) is 5.17. The van der Waals surface area contributed by atoms with Crippen LogP contribution in [0.25, 0.3) is 11.1 Å². The van der Waals surface area contributed by atoms with Gasteiger partial charge in [0.25, 0.3) is 0 Å². The molecule has 134 valence electrons. The van der Waals surface area contributed by atoms with Gasteiger partial charge in [0.15, 0.2) is 0 Å². The summed E-state index contributed by atoms with van der Waals surface area (Å²) in [6.07, 6.45) is 0. The van der Waals surface area contributed by atoms with E-state index >= 15 is 0 Å². The van der Waals surface area contributed by atoms with Gasteiger partial charge < -0.3 is 16.2 Å². The van der Waals surface area contributed by atoms with Crippen molar-refractivity contribution in [2.24, 2.45) is 0 Å². The molecule has 1 aliphatic carbocycles. The van der Waals surface area contributed by atoms with E-state index in [1.807, 2.05) is 36.4 Å². The van der Waals surface area contributed by atoms with Gasteiger partial charge in [-0.3, -0.25) is 0 Å². The van der Waals surface area contributed by atoms with Crippen LogP contribution in [0, 0.1) is 0 Å². The first-order valence-corrected chi connectivity index (χ1v) is 9.37. The highest BCUT2D eigenvalue weighted by molar-refractivity contribution is 5.90. The summed E-state index contributed by atoms with van der Waals surface area (Å²) in [6, 6.07) is 28.9. The molecule has 1 aliphatic heterocycles. The van der Waals surface area contributed by atoms with Crippen LogP contribution in [0.4, 0.5) is 11.4 Å². The Balaban J connectivity index is 1.87. The molecule has 3 nitrogen and oxygen atoms in total. The van der Waals surface area contributed by atoms with Crippen molar-refractivity contribution in [2.75, 3.05) is 11.5 Å². The molecule has 0 aromatic heterocycles. The van der Waals surface area contributed by atoms with Crippen LogP contribution < -0.4 is 16.2 Å². The summed E-state index contributed by atoms with van der Waals surface area (Å²) in [6.45, 7) is 0. The van der Waals surface area contributed by atoms with E-state index in [-0.39, 0.29) is 0 Å². The van der Waals surface area contributed by atoms with Gasteiger partial charge >= 0.3 is 0 Å². The predicted octanol–water partition coefficient (Wildman–Crippen LogP) is 5.32. The Kier molecular flexibility index (Phi) is 2.83. The van der Waals surface area contributed by atoms with Gasteiger partial charge in [0, 0.05) is 22.5 Å². The van der Waals surface area contributed by atoms with Crippen molar-refractivity contribution in [1.29, 1.82) is 0 Å². The molecule has 0 unspecified atom stereocenters. The fraction of sp³-hybridized carbons (Fsp3) is 0.0400. The molecule has 0 radical (unpaired) electrons. The highest BCUT2D eigenvalue weighted by Crippen LogP contribution is 2.62. The minimum atomic E-state index is -0.499. The largest absolute Gasteiger partial charge is 0.457 e. The van der Waals surface area contributed by atoms with Crippen LogP contribution >= 0.6 is 0 Å². The van der Waals surface area contributed by atoms with E-state index in [1.165, 1.54) is 22.3 Å². The van der Waals surface area contributed by atoms with Crippen LogP contribution in [0.5, 0.6) is 11.5 Å². The topological polar surface area (TPSA) is 61.3 Å². The third-order valence-corrected chi connectivity index (χ3v) is 5.99. The maximum Gasteiger partial charge on any atom is 0.132 e. The second-order valence-electron chi connectivity index (χ2n) is 7.45. The van der Waals surface area contributed by atoms with E-state index in [2.05, 4.69) is 48.5 Å². The first-order chi connectivity index (χ1) is 13.7. The normalized spacial score (nSPS) is 14.6. The lowest BCUT2D eigenvalue weighted by Gasteiger charge is -2.39. The molecule has 1 heterocycles. The summed E-state index contributed by atoms with van der Waals surface area (Å²) in [5, 5.41) is 0. The van der Waals surface area contributed by atoms with Crippen molar-refractivity contribution >= 4 is 11.4 Å². The van der Waals surface area contributed by atoms with Crippen molar-refractivity contribution < 1.29 is 4.74 Å². The minimum Gasteiger partial charge on any atom is -0.457 e. The van der Waals surface area contributed by atoms with Gasteiger partial charge in [-0.1, -0.05) is 48.5 Å². The minimum absolute atomic E-state index is 0.499. The molecule has 4 aromatic carbocycles. The molecule has 2 aliphatic rings. The van der Waals surface area contributed by atoms with E-state index in [0.717, 1.165) is 34.0 Å². The van der Waals surface area contributed by atoms with Gasteiger partial charge in [-0.05, 0) is 58.7 Å². The van der Waals surface area contributed by atoms with E-state index in [1.54, 1.807) is 0 Å². The molecule has 0 fully saturated rings. The molecule has 4 aromatic rings. The lowest BCUT2D eigenvalue weighted by Crippen LogP contribution is -2.32. The number of hydrogen-bond acceptors (Lipinski definition) is 3. The van der Waals surface area contributed by atoms with Crippen LogP contribution in [0.2, 0.25) is 0 Å². The lowest BCUT2D eigenvalue weighted by molar-refractivity contribution is 0.436. The summed E-state index contributed by atoms with van der Waals surface area (Å²) in [5.41, 5.74) is 20.5. The van der Waals surface area contributed by atoms with E-state index in [9.17, 15) is 0 Å². The first-order valence-electron chi connectivity index (χ1n) is 9.37. The summed E-state index contributed by atoms with van der Waals surface area (Å²) < 4.78 is 6.29. The van der Waals surface area contributed by atoms with Crippen molar-refractivity contribution in [1.82, 2.24) is 0 Å². The monoisotopic (exact) mass is 362 g/mol. The van der Waals surface area contributed by atoms with Gasteiger partial charge in [-0.2, -0.15) is 0 Å². The first kappa shape index (κ1) is 15.3. The zero-order chi connectivity index (χ0) is 18.9. The summed E-state index contributed by atoms with van der Waals surface area (Å²) in [4.78, 5) is 0. The quantitative estimate of drug-likeness (QED) is 0.360. The number of nitrogen functional groups attached to an aromatic ring is 2. The Bertz CT molecular complexity index is 1180. The smallest absolute Gasteiger partial charge is 0.132 e. The Hall–Kier alpha value is -3.72. The third-order valence-electron chi connectivity index (χ3n) is 5.99. The average molecular weight is 362 g/mol. The number of fused-ring (bicyclic) bond motifs is 9. The van der Waals surface area contributed by atoms with Crippen LogP contribution in [-0.2, 0) is 5.41 Å². The fourth-order valence-electron chi connectivity index (χ4n) is 4.93. The molecule has 0 atom stereocenters. The molecule has 28 heavy (non-hydrogen) atoms. The summed E-state index contributed by atoms with van der Waals surface area (Å²) >= 11 is 0. The van der Waals surface area contributed by atoms with Crippen LogP contribution in [-0.4, -0.2) is 0 Å². The maximum atomic E-state index is 6.29. The van der Waals surface area contributed by atoms with E-state index in [4.69, 9.17) is 16.2 Å². The van der Waals surface area contributed by atoms with Crippen LogP contribution in [0.3, 0.4) is 0 Å². The van der Waals surface area contributed by atoms with Crippen LogP contribution in [0.1, 0.15) is 22.3 Å². The van der Waals surface area contributed by atoms with Gasteiger partial charge in [-0.25, -0.2) is 0 Å². The van der Waals surface area contributed by atoms with Gasteiger partial charge in [0.05, 0.1) is 5.41 Å². The molecule has 0 saturated carbocycles. The van der Waals surface area contributed by atoms with Crippen molar-refractivity contribution in [3.05, 3.63) is 107 Å². The van der Waals surface area contributed by atoms with Crippen LogP contribution in [0.15, 0.2) is 84.9 Å². The molecule has 0 bridgehead atoms. The molecule has 1 spiro atoms. The maximum absolute atomic E-state index is 6.29. The number of anilines is 2. The number of benzene rings is 4. The SMILES string of the molecule is Nc1ccc2c(c1)C1(c3ccccc3Oc3ccccc31)c1cc(N)ccc1-2. The average Bonchev–Trinajstić information content (AvgIpc) is 2.98. The lowest BCUT2D eigenvalue weighted by atomic mass is 9.66. The van der Waals surface area contributed by atoms with Gasteiger partial charge in [0.2, 0.25) is 0 Å². The highest BCUT2D eigenvalue weighted by Gasteiger charge is 2.51. The fourth-order valence-corrected chi connectivity index (χ4v) is 4.93. The Morgan fingerprint density at radius 2 is 1.00 bits per heavy atom. The number of rotatable bonds is 0. The van der Waals surface area contributed by atoms with Gasteiger partial charge in [0.1, 0.15) is 11.5 Å². The molecular formula is C25H18N2O. The zero-order valence-corrected chi connectivity index (χ0v) is 15.1. The van der Waals surface area contributed by atoms with Crippen molar-refractivity contribution in [2.45, 2.75) is 5.41 Å². The van der Waals surface area contributed by atoms with Crippen molar-refractivity contribution in [3.63, 3.8) is 0 Å². The molecular weight excluding hydrogens is 344 g/mol. The number of ether oxygens (including phenoxy) is 1. The highest BCUT2D eigenvalue weighted by atomic mass is 16.5. The second-order valence-corrected chi connectivity index (χ2v) is 7.45. The zero-order valence-electron chi connectivity index (χ0n) is 15.1. The molecule has 4 N–H and O–H groups in total. The van der Waals surface area contributed by atoms with Crippen molar-refractivity contribution in [3.8, 4) is 22.6 Å². The molecule has 0 amide bonds. The van der Waals surface area contributed by atoms with Gasteiger partial charge in [-0.15, -0.1) is 0 Å². The number of hydrogen-bond donors (Lipinski definition) is 2.